The van der Waals surface area contributed by atoms with Crippen LogP contribution in [0.1, 0.15) is 0 Å². The molecule has 0 amide bonds. The van der Waals surface area contributed by atoms with E-state index >= 15 is 0 Å². The van der Waals surface area contributed by atoms with E-state index < -0.39 is 5.92 Å². The zero-order valence-electron chi connectivity index (χ0n) is 5.37. The molecule has 0 aliphatic heterocycles. The summed E-state index contributed by atoms with van der Waals surface area (Å²) in [6.07, 6.45) is 1.95. The molecule has 11 heavy (non-hydrogen) atoms. The molecule has 0 fully saturated rings. The summed E-state index contributed by atoms with van der Waals surface area (Å²) in [4.78, 5) is 0. The Morgan fingerprint density at radius 1 is 1.09 bits per heavy atom. The Labute approximate surface area is 63.8 Å². The third kappa shape index (κ3) is 2.19. The van der Waals surface area contributed by atoms with Crippen LogP contribution in [0.5, 0.6) is 0 Å². The molecule has 0 aromatic carbocycles. The van der Waals surface area contributed by atoms with E-state index in [1.807, 2.05) is 6.08 Å². The molecule has 4 nitrogen and oxygen atoms in total. The van der Waals surface area contributed by atoms with Crippen molar-refractivity contribution < 1.29 is 0 Å². The molecule has 4 heteroatoms. The van der Waals surface area contributed by atoms with Gasteiger partial charge in [0.1, 0.15) is 5.92 Å². The second kappa shape index (κ2) is 4.57. The molecule has 0 saturated heterocycles. The summed E-state index contributed by atoms with van der Waals surface area (Å²) in [7, 11) is 0. The number of hydrogen-bond donors (Lipinski definition) is 0. The molecule has 0 N–H and O–H groups in total. The Kier molecular flexibility index (Phi) is 3.61. The normalized spacial score (nSPS) is 9.00. The van der Waals surface area contributed by atoms with Gasteiger partial charge in [0.25, 0.3) is 0 Å². The minimum atomic E-state index is -1.18. The first-order valence-corrected chi connectivity index (χ1v) is 2.51. The largest absolute Gasteiger partial charge is 0.329 e. The lowest BCUT2D eigenvalue weighted by atomic mass is 10.0. The summed E-state index contributed by atoms with van der Waals surface area (Å²) >= 11 is 0. The van der Waals surface area contributed by atoms with Crippen LogP contribution in [0.3, 0.4) is 0 Å². The van der Waals surface area contributed by atoms with Gasteiger partial charge in [0.15, 0.2) is 0 Å². The number of rotatable bonds is 1. The lowest BCUT2D eigenvalue weighted by Crippen LogP contribution is -1.95. The first kappa shape index (κ1) is 8.70. The third-order valence-electron chi connectivity index (χ3n) is 0.858. The quantitative estimate of drug-likeness (QED) is 0.390. The van der Waals surface area contributed by atoms with Crippen LogP contribution in [0.4, 0.5) is 0 Å². The molecule has 0 saturated carbocycles. The molecule has 0 radical (unpaired) electrons. The zero-order valence-corrected chi connectivity index (χ0v) is 5.37. The summed E-state index contributed by atoms with van der Waals surface area (Å²) in [5, 5.41) is 32.9. The van der Waals surface area contributed by atoms with Gasteiger partial charge in [-0.05, 0) is 6.07 Å². The molecule has 0 unspecified atom stereocenters. The van der Waals surface area contributed by atoms with Crippen LogP contribution >= 0.6 is 0 Å². The highest BCUT2D eigenvalue weighted by molar-refractivity contribution is 5.34. The molecule has 0 bridgehead atoms. The van der Waals surface area contributed by atoms with Gasteiger partial charge in [0.2, 0.25) is 0 Å². The van der Waals surface area contributed by atoms with Gasteiger partial charge in [-0.25, -0.2) is 5.26 Å². The van der Waals surface area contributed by atoms with Gasteiger partial charge in [-0.15, -0.1) is 17.7 Å². The summed E-state index contributed by atoms with van der Waals surface area (Å²) in [6, 6.07) is 6.11. The second-order valence-corrected chi connectivity index (χ2v) is 1.45. The van der Waals surface area contributed by atoms with E-state index in [1.54, 1.807) is 18.2 Å². The molecular weight excluding hydrogens is 140 g/mol. The fourth-order valence-electron chi connectivity index (χ4n) is 0.383. The van der Waals surface area contributed by atoms with Gasteiger partial charge in [-0.2, -0.15) is 10.5 Å². The number of nitrogens with zero attached hydrogens (tertiary/aromatic N) is 4. The van der Waals surface area contributed by atoms with Crippen molar-refractivity contribution in [3.05, 3.63) is 11.6 Å². The standard InChI is InChI=1S/C7HN4/c8-2-1-6(3-9)7(4-10)5-11/h7H/q-1. The molecule has 50 valence electrons. The maximum absolute atomic E-state index is 8.29. The van der Waals surface area contributed by atoms with Gasteiger partial charge in [-0.3, -0.25) is 0 Å². The number of allylic oxidation sites excluding steroid dienone is 2. The van der Waals surface area contributed by atoms with Gasteiger partial charge < -0.3 is 5.26 Å². The molecule has 0 rings (SSSR count). The first-order chi connectivity index (χ1) is 5.29. The minimum absolute atomic E-state index is 0.238. The second-order valence-electron chi connectivity index (χ2n) is 1.45. The molecule has 0 heterocycles. The van der Waals surface area contributed by atoms with Crippen LogP contribution in [0.15, 0.2) is 5.57 Å². The Bertz CT molecular complexity index is 311. The summed E-state index contributed by atoms with van der Waals surface area (Å²) in [5.74, 6) is -1.18. The lowest BCUT2D eigenvalue weighted by molar-refractivity contribution is 1.03. The Hall–Kier alpha value is -2.30. The SMILES string of the molecule is N#C[C-]=C(C#N)C(C#N)C#N. The lowest BCUT2D eigenvalue weighted by Gasteiger charge is -2.01. The van der Waals surface area contributed by atoms with Crippen LogP contribution in [-0.2, 0) is 0 Å². The van der Waals surface area contributed by atoms with Crippen molar-refractivity contribution in [2.24, 2.45) is 5.92 Å². The predicted octanol–water partition coefficient (Wildman–Crippen LogP) is 0.427. The Morgan fingerprint density at radius 2 is 1.64 bits per heavy atom. The van der Waals surface area contributed by atoms with Crippen molar-refractivity contribution in [1.29, 1.82) is 21.0 Å². The van der Waals surface area contributed by atoms with Crippen LogP contribution in [0.2, 0.25) is 0 Å². The first-order valence-electron chi connectivity index (χ1n) is 2.51. The van der Waals surface area contributed by atoms with Crippen LogP contribution in [0, 0.1) is 57.3 Å². The number of hydrogen-bond acceptors (Lipinski definition) is 4. The Morgan fingerprint density at radius 3 is 1.91 bits per heavy atom. The molecule has 0 aliphatic carbocycles. The fourth-order valence-corrected chi connectivity index (χ4v) is 0.383. The van der Waals surface area contributed by atoms with Crippen molar-refractivity contribution in [1.82, 2.24) is 0 Å². The molecule has 0 aromatic rings. The van der Waals surface area contributed by atoms with Crippen molar-refractivity contribution >= 4 is 0 Å². The van der Waals surface area contributed by atoms with E-state index in [0.717, 1.165) is 0 Å². The van der Waals surface area contributed by atoms with Crippen molar-refractivity contribution in [3.8, 4) is 24.3 Å². The highest BCUT2D eigenvalue weighted by Gasteiger charge is 2.02. The van der Waals surface area contributed by atoms with Gasteiger partial charge in [-0.1, -0.05) is 0 Å². The molecule has 0 spiro atoms. The van der Waals surface area contributed by atoms with Gasteiger partial charge in [0.05, 0.1) is 12.1 Å². The van der Waals surface area contributed by atoms with Crippen molar-refractivity contribution in [2.75, 3.05) is 0 Å². The average Bonchev–Trinajstić information content (AvgIpc) is 2.05. The van der Waals surface area contributed by atoms with Gasteiger partial charge in [0, 0.05) is 0 Å². The van der Waals surface area contributed by atoms with Crippen molar-refractivity contribution in [2.45, 2.75) is 0 Å². The number of nitriles is 4. The highest BCUT2D eigenvalue weighted by atomic mass is 14.3. The maximum atomic E-state index is 8.29. The average molecular weight is 141 g/mol. The Balaban J connectivity index is 4.76. The smallest absolute Gasteiger partial charge is 0.133 e. The maximum Gasteiger partial charge on any atom is 0.133 e. The van der Waals surface area contributed by atoms with Crippen LogP contribution in [-0.4, -0.2) is 0 Å². The molecule has 0 atom stereocenters. The van der Waals surface area contributed by atoms with E-state index in [1.165, 1.54) is 6.07 Å². The van der Waals surface area contributed by atoms with E-state index in [9.17, 15) is 0 Å². The van der Waals surface area contributed by atoms with Crippen LogP contribution in [0.25, 0.3) is 0 Å². The topological polar surface area (TPSA) is 95.2 Å². The summed E-state index contributed by atoms with van der Waals surface area (Å²) in [5.41, 5.74) is -0.238. The summed E-state index contributed by atoms with van der Waals surface area (Å²) < 4.78 is 0. The predicted molar refractivity (Wildman–Crippen MR) is 32.7 cm³/mol. The summed E-state index contributed by atoms with van der Waals surface area (Å²) in [6.45, 7) is 0. The molecule has 0 aliphatic rings. The monoisotopic (exact) mass is 141 g/mol. The highest BCUT2D eigenvalue weighted by Crippen LogP contribution is 2.05. The van der Waals surface area contributed by atoms with E-state index in [-0.39, 0.29) is 5.57 Å². The molecular formula is C7HN4-. The van der Waals surface area contributed by atoms with Crippen molar-refractivity contribution in [3.63, 3.8) is 0 Å². The third-order valence-corrected chi connectivity index (χ3v) is 0.858. The van der Waals surface area contributed by atoms with E-state index in [0.29, 0.717) is 0 Å². The van der Waals surface area contributed by atoms with E-state index in [4.69, 9.17) is 21.0 Å². The van der Waals surface area contributed by atoms with E-state index in [2.05, 4.69) is 0 Å². The van der Waals surface area contributed by atoms with Gasteiger partial charge >= 0.3 is 0 Å². The molecule has 0 aromatic heterocycles. The zero-order chi connectivity index (χ0) is 8.69. The van der Waals surface area contributed by atoms with Crippen LogP contribution < -0.4 is 0 Å². The minimum Gasteiger partial charge on any atom is -0.329 e. The fraction of sp³-hybridized carbons (Fsp3) is 0.143.